The van der Waals surface area contributed by atoms with Crippen molar-refractivity contribution in [2.75, 3.05) is 13.2 Å². The lowest BCUT2D eigenvalue weighted by molar-refractivity contribution is -0.162. The molecule has 0 N–H and O–H groups in total. The van der Waals surface area contributed by atoms with Crippen LogP contribution < -0.4 is 0 Å². The molecule has 0 amide bonds. The Labute approximate surface area is 160 Å². The van der Waals surface area contributed by atoms with Gasteiger partial charge in [-0.15, -0.1) is 0 Å². The number of ether oxygens (including phenoxy) is 2. The van der Waals surface area contributed by atoms with Crippen LogP contribution in [-0.4, -0.2) is 25.2 Å². The summed E-state index contributed by atoms with van der Waals surface area (Å²) in [6.45, 7) is 7.22. The van der Waals surface area contributed by atoms with Crippen molar-refractivity contribution in [2.24, 2.45) is 17.8 Å². The van der Waals surface area contributed by atoms with Crippen LogP contribution in [0.4, 0.5) is 0 Å². The largest absolute Gasteiger partial charge is 0.466 e. The van der Waals surface area contributed by atoms with Crippen molar-refractivity contribution in [2.45, 2.75) is 97.8 Å². The molecule has 0 aromatic carbocycles. The molecule has 4 heteroatoms. The number of rotatable bonds is 13. The Kier molecular flexibility index (Phi) is 12.4. The van der Waals surface area contributed by atoms with Crippen molar-refractivity contribution >= 4 is 11.9 Å². The van der Waals surface area contributed by atoms with E-state index in [0.29, 0.717) is 13.2 Å². The molecule has 0 spiro atoms. The van der Waals surface area contributed by atoms with Crippen molar-refractivity contribution in [1.29, 1.82) is 0 Å². The maximum absolute atomic E-state index is 12.3. The number of esters is 2. The maximum Gasteiger partial charge on any atom is 0.309 e. The summed E-state index contributed by atoms with van der Waals surface area (Å²) in [6, 6.07) is 0. The molecule has 26 heavy (non-hydrogen) atoms. The predicted molar refractivity (Wildman–Crippen MR) is 105 cm³/mol. The van der Waals surface area contributed by atoms with Crippen molar-refractivity contribution in [3.8, 4) is 0 Å². The fraction of sp³-hybridized carbons (Fsp3) is 0.909. The summed E-state index contributed by atoms with van der Waals surface area (Å²) in [4.78, 5) is 24.4. The van der Waals surface area contributed by atoms with Crippen LogP contribution in [0.15, 0.2) is 0 Å². The fourth-order valence-corrected chi connectivity index (χ4v) is 3.76. The van der Waals surface area contributed by atoms with Gasteiger partial charge in [-0.25, -0.2) is 0 Å². The van der Waals surface area contributed by atoms with Gasteiger partial charge in [0.25, 0.3) is 0 Å². The highest BCUT2D eigenvalue weighted by atomic mass is 16.5. The molecule has 152 valence electrons. The lowest BCUT2D eigenvalue weighted by Crippen LogP contribution is -2.35. The van der Waals surface area contributed by atoms with E-state index in [9.17, 15) is 9.59 Å². The van der Waals surface area contributed by atoms with Crippen LogP contribution >= 0.6 is 0 Å². The fourth-order valence-electron chi connectivity index (χ4n) is 3.76. The normalized spacial score (nSPS) is 20.2. The third kappa shape index (κ3) is 9.59. The average molecular weight is 369 g/mol. The van der Waals surface area contributed by atoms with Crippen LogP contribution in [0.1, 0.15) is 97.8 Å². The number of unbranched alkanes of at least 4 members (excludes halogenated alkanes) is 6. The van der Waals surface area contributed by atoms with Crippen LogP contribution in [0, 0.1) is 17.8 Å². The first kappa shape index (κ1) is 23.0. The van der Waals surface area contributed by atoms with E-state index in [4.69, 9.17) is 9.47 Å². The van der Waals surface area contributed by atoms with Gasteiger partial charge in [-0.3, -0.25) is 9.59 Å². The zero-order valence-corrected chi connectivity index (χ0v) is 17.3. The van der Waals surface area contributed by atoms with Crippen LogP contribution in [0.25, 0.3) is 0 Å². The molecule has 0 bridgehead atoms. The Morgan fingerprint density at radius 3 is 1.85 bits per heavy atom. The molecule has 0 aromatic heterocycles. The average Bonchev–Trinajstić information content (AvgIpc) is 2.63. The minimum atomic E-state index is -0.304. The van der Waals surface area contributed by atoms with Gasteiger partial charge < -0.3 is 9.47 Å². The van der Waals surface area contributed by atoms with E-state index in [-0.39, 0.29) is 23.8 Å². The monoisotopic (exact) mass is 368 g/mol. The Bertz CT molecular complexity index is 392. The molecule has 0 heterocycles. The highest BCUT2D eigenvalue weighted by molar-refractivity contribution is 5.82. The molecule has 0 aromatic rings. The number of hydrogen-bond acceptors (Lipinski definition) is 4. The Balaban J connectivity index is 2.10. The van der Waals surface area contributed by atoms with Gasteiger partial charge in [0.2, 0.25) is 0 Å². The van der Waals surface area contributed by atoms with E-state index >= 15 is 0 Å². The van der Waals surface area contributed by atoms with Gasteiger partial charge in [-0.2, -0.15) is 0 Å². The highest BCUT2D eigenvalue weighted by Crippen LogP contribution is 2.32. The van der Waals surface area contributed by atoms with Crippen molar-refractivity contribution in [3.63, 3.8) is 0 Å². The SMILES string of the molecule is CCOC(=O)C1CCCCC1C(=O)OCCCCCCCCCC(C)C. The summed E-state index contributed by atoms with van der Waals surface area (Å²) in [7, 11) is 0. The van der Waals surface area contributed by atoms with E-state index < -0.39 is 0 Å². The molecule has 2 unspecified atom stereocenters. The quantitative estimate of drug-likeness (QED) is 0.310. The molecule has 1 fully saturated rings. The van der Waals surface area contributed by atoms with Crippen LogP contribution in [0.5, 0.6) is 0 Å². The third-order valence-electron chi connectivity index (χ3n) is 5.33. The number of carbonyl (C=O) groups excluding carboxylic acids is 2. The highest BCUT2D eigenvalue weighted by Gasteiger charge is 2.37. The number of hydrogen-bond donors (Lipinski definition) is 0. The van der Waals surface area contributed by atoms with Crippen LogP contribution in [0.2, 0.25) is 0 Å². The minimum absolute atomic E-state index is 0.198. The van der Waals surface area contributed by atoms with Gasteiger partial charge in [-0.05, 0) is 32.1 Å². The molecule has 1 aliphatic carbocycles. The zero-order chi connectivity index (χ0) is 19.2. The van der Waals surface area contributed by atoms with E-state index in [1.165, 1.54) is 38.5 Å². The van der Waals surface area contributed by atoms with Gasteiger partial charge >= 0.3 is 11.9 Å². The van der Waals surface area contributed by atoms with Gasteiger partial charge in [-0.1, -0.05) is 71.6 Å². The van der Waals surface area contributed by atoms with Gasteiger partial charge in [0.05, 0.1) is 25.0 Å². The summed E-state index contributed by atoms with van der Waals surface area (Å²) in [6.07, 6.45) is 13.3. The second-order valence-electron chi connectivity index (χ2n) is 8.07. The zero-order valence-electron chi connectivity index (χ0n) is 17.3. The lowest BCUT2D eigenvalue weighted by atomic mass is 9.79. The predicted octanol–water partition coefficient (Wildman–Crippen LogP) is 5.68. The summed E-state index contributed by atoms with van der Waals surface area (Å²) >= 11 is 0. The van der Waals surface area contributed by atoms with Gasteiger partial charge in [0, 0.05) is 0 Å². The van der Waals surface area contributed by atoms with Crippen molar-refractivity contribution < 1.29 is 19.1 Å². The van der Waals surface area contributed by atoms with Crippen LogP contribution in [0.3, 0.4) is 0 Å². The molecule has 0 aliphatic heterocycles. The summed E-state index contributed by atoms with van der Waals surface area (Å²) in [5, 5.41) is 0. The van der Waals surface area contributed by atoms with Crippen molar-refractivity contribution in [1.82, 2.24) is 0 Å². The second kappa shape index (κ2) is 14.1. The summed E-state index contributed by atoms with van der Waals surface area (Å²) < 4.78 is 10.6. The van der Waals surface area contributed by atoms with Crippen molar-refractivity contribution in [3.05, 3.63) is 0 Å². The molecule has 1 saturated carbocycles. The molecule has 0 radical (unpaired) electrons. The lowest BCUT2D eigenvalue weighted by Gasteiger charge is -2.28. The molecular formula is C22H40O4. The van der Waals surface area contributed by atoms with E-state index in [1.807, 2.05) is 0 Å². The summed E-state index contributed by atoms with van der Waals surface area (Å²) in [5.74, 6) is -0.217. The second-order valence-corrected chi connectivity index (χ2v) is 8.07. The topological polar surface area (TPSA) is 52.6 Å². The first-order valence-corrected chi connectivity index (χ1v) is 10.9. The molecule has 1 rings (SSSR count). The first-order chi connectivity index (χ1) is 12.6. The molecule has 4 nitrogen and oxygen atoms in total. The molecule has 2 atom stereocenters. The standard InChI is InChI=1S/C22H40O4/c1-4-25-21(23)19-15-11-12-16-20(19)22(24)26-17-13-9-7-5-6-8-10-14-18(2)3/h18-20H,4-17H2,1-3H3. The number of carbonyl (C=O) groups is 2. The van der Waals surface area contributed by atoms with E-state index in [2.05, 4.69) is 13.8 Å². The molecule has 1 aliphatic rings. The maximum atomic E-state index is 12.3. The van der Waals surface area contributed by atoms with Gasteiger partial charge in [0.15, 0.2) is 0 Å². The Hall–Kier alpha value is -1.06. The van der Waals surface area contributed by atoms with E-state index in [0.717, 1.165) is 44.4 Å². The Morgan fingerprint density at radius 1 is 0.808 bits per heavy atom. The molecule has 0 saturated heterocycles. The summed E-state index contributed by atoms with van der Waals surface area (Å²) in [5.41, 5.74) is 0. The van der Waals surface area contributed by atoms with E-state index in [1.54, 1.807) is 6.92 Å². The van der Waals surface area contributed by atoms with Crippen LogP contribution in [-0.2, 0) is 19.1 Å². The minimum Gasteiger partial charge on any atom is -0.466 e. The molecular weight excluding hydrogens is 328 g/mol. The first-order valence-electron chi connectivity index (χ1n) is 10.9. The van der Waals surface area contributed by atoms with Gasteiger partial charge in [0.1, 0.15) is 0 Å². The smallest absolute Gasteiger partial charge is 0.309 e. The third-order valence-corrected chi connectivity index (χ3v) is 5.33. The Morgan fingerprint density at radius 2 is 1.31 bits per heavy atom.